The molecule has 1 amide bonds. The van der Waals surface area contributed by atoms with E-state index in [1.807, 2.05) is 30.0 Å². The highest BCUT2D eigenvalue weighted by atomic mass is 35.5. The number of anilines is 1. The van der Waals surface area contributed by atoms with E-state index in [0.717, 1.165) is 27.5 Å². The van der Waals surface area contributed by atoms with Crippen LogP contribution in [0.2, 0.25) is 0 Å². The van der Waals surface area contributed by atoms with Crippen LogP contribution >= 0.6 is 22.9 Å². The minimum Gasteiger partial charge on any atom is -0.312 e. The van der Waals surface area contributed by atoms with E-state index in [-0.39, 0.29) is 11.8 Å². The van der Waals surface area contributed by atoms with Crippen LogP contribution in [0.5, 0.6) is 0 Å². The topological polar surface area (TPSA) is 33.2 Å². The maximum atomic E-state index is 11.9. The fourth-order valence-electron chi connectivity index (χ4n) is 2.33. The fraction of sp³-hybridized carbons (Fsp3) is 0.385. The summed E-state index contributed by atoms with van der Waals surface area (Å²) in [5.74, 6) is 0.972. The van der Waals surface area contributed by atoms with Crippen LogP contribution in [0.4, 0.5) is 5.69 Å². The standard InChI is InChI=1S/C13H13ClN2OS/c1-8-15-11-5-10(2-3-12(11)18-8)16-7-9(6-14)4-13(16)17/h2-3,5,9H,4,6-7H2,1H3. The van der Waals surface area contributed by atoms with E-state index in [9.17, 15) is 4.79 Å². The normalized spacial score (nSPS) is 20.0. The SMILES string of the molecule is Cc1nc2cc(N3CC(CCl)CC3=O)ccc2s1. The molecular formula is C13H13ClN2OS. The van der Waals surface area contributed by atoms with Crippen molar-refractivity contribution in [2.45, 2.75) is 13.3 Å². The smallest absolute Gasteiger partial charge is 0.227 e. The number of carbonyl (C=O) groups excluding carboxylic acids is 1. The van der Waals surface area contributed by atoms with Crippen molar-refractivity contribution in [2.24, 2.45) is 5.92 Å². The van der Waals surface area contributed by atoms with Crippen LogP contribution < -0.4 is 4.90 Å². The lowest BCUT2D eigenvalue weighted by atomic mass is 10.1. The summed E-state index contributed by atoms with van der Waals surface area (Å²) in [6.45, 7) is 2.71. The zero-order valence-corrected chi connectivity index (χ0v) is 11.6. The lowest BCUT2D eigenvalue weighted by Crippen LogP contribution is -2.24. The van der Waals surface area contributed by atoms with Gasteiger partial charge < -0.3 is 4.90 Å². The second kappa shape index (κ2) is 4.52. The molecule has 1 fully saturated rings. The molecule has 5 heteroatoms. The van der Waals surface area contributed by atoms with Gasteiger partial charge >= 0.3 is 0 Å². The number of thiazole rings is 1. The first-order valence-corrected chi connectivity index (χ1v) is 7.26. The first kappa shape index (κ1) is 11.9. The van der Waals surface area contributed by atoms with Gasteiger partial charge in [0.2, 0.25) is 5.91 Å². The molecule has 94 valence electrons. The van der Waals surface area contributed by atoms with Gasteiger partial charge in [-0.1, -0.05) is 0 Å². The quantitative estimate of drug-likeness (QED) is 0.792. The maximum Gasteiger partial charge on any atom is 0.227 e. The van der Waals surface area contributed by atoms with Gasteiger partial charge in [0.05, 0.1) is 15.2 Å². The minimum atomic E-state index is 0.159. The van der Waals surface area contributed by atoms with Crippen molar-refractivity contribution in [1.82, 2.24) is 4.98 Å². The molecule has 0 saturated carbocycles. The van der Waals surface area contributed by atoms with E-state index in [0.29, 0.717) is 12.3 Å². The van der Waals surface area contributed by atoms with E-state index in [4.69, 9.17) is 11.6 Å². The van der Waals surface area contributed by atoms with Crippen LogP contribution in [0, 0.1) is 12.8 Å². The summed E-state index contributed by atoms with van der Waals surface area (Å²) >= 11 is 7.51. The van der Waals surface area contributed by atoms with Gasteiger partial charge in [-0.05, 0) is 31.0 Å². The van der Waals surface area contributed by atoms with Crippen molar-refractivity contribution in [1.29, 1.82) is 0 Å². The van der Waals surface area contributed by atoms with E-state index >= 15 is 0 Å². The number of aryl methyl sites for hydroxylation is 1. The molecule has 2 heterocycles. The molecule has 1 aromatic carbocycles. The van der Waals surface area contributed by atoms with Gasteiger partial charge in [0.25, 0.3) is 0 Å². The molecule has 1 aliphatic rings. The number of hydrogen-bond donors (Lipinski definition) is 0. The van der Waals surface area contributed by atoms with Crippen molar-refractivity contribution in [3.05, 3.63) is 23.2 Å². The van der Waals surface area contributed by atoms with Crippen molar-refractivity contribution in [2.75, 3.05) is 17.3 Å². The van der Waals surface area contributed by atoms with E-state index in [2.05, 4.69) is 4.98 Å². The molecule has 3 rings (SSSR count). The third-order valence-corrected chi connectivity index (χ3v) is 4.60. The lowest BCUT2D eigenvalue weighted by molar-refractivity contribution is -0.117. The zero-order valence-electron chi connectivity index (χ0n) is 10.0. The van der Waals surface area contributed by atoms with Gasteiger partial charge in [-0.3, -0.25) is 4.79 Å². The number of hydrogen-bond acceptors (Lipinski definition) is 3. The van der Waals surface area contributed by atoms with E-state index < -0.39 is 0 Å². The Morgan fingerprint density at radius 3 is 3.11 bits per heavy atom. The van der Waals surface area contributed by atoms with Crippen molar-refractivity contribution in [3.8, 4) is 0 Å². The number of nitrogens with zero attached hydrogens (tertiary/aromatic N) is 2. The number of benzene rings is 1. The number of aromatic nitrogens is 1. The molecule has 2 aromatic rings. The maximum absolute atomic E-state index is 11.9. The largest absolute Gasteiger partial charge is 0.312 e. The lowest BCUT2D eigenvalue weighted by Gasteiger charge is -2.16. The van der Waals surface area contributed by atoms with Crippen LogP contribution in [-0.4, -0.2) is 23.3 Å². The number of amides is 1. The number of rotatable bonds is 2. The molecule has 0 spiro atoms. The summed E-state index contributed by atoms with van der Waals surface area (Å²) in [6.07, 6.45) is 0.553. The molecule has 1 aliphatic heterocycles. The molecule has 0 N–H and O–H groups in total. The van der Waals surface area contributed by atoms with Crippen LogP contribution in [0.25, 0.3) is 10.2 Å². The molecule has 1 unspecified atom stereocenters. The highest BCUT2D eigenvalue weighted by Gasteiger charge is 2.30. The van der Waals surface area contributed by atoms with Gasteiger partial charge in [0.15, 0.2) is 0 Å². The Morgan fingerprint density at radius 2 is 2.39 bits per heavy atom. The van der Waals surface area contributed by atoms with E-state index in [1.54, 1.807) is 11.3 Å². The fourth-order valence-corrected chi connectivity index (χ4v) is 3.35. The van der Waals surface area contributed by atoms with Gasteiger partial charge in [-0.2, -0.15) is 0 Å². The summed E-state index contributed by atoms with van der Waals surface area (Å²) in [4.78, 5) is 18.2. The van der Waals surface area contributed by atoms with Gasteiger partial charge in [0.1, 0.15) is 0 Å². The Labute approximate surface area is 114 Å². The Hall–Kier alpha value is -1.13. The molecule has 0 bridgehead atoms. The predicted molar refractivity (Wildman–Crippen MR) is 75.5 cm³/mol. The average molecular weight is 281 g/mol. The second-order valence-corrected chi connectivity index (χ2v) is 6.16. The number of alkyl halides is 1. The van der Waals surface area contributed by atoms with E-state index in [1.165, 1.54) is 0 Å². The summed E-state index contributed by atoms with van der Waals surface area (Å²) < 4.78 is 1.16. The minimum absolute atomic E-state index is 0.159. The third-order valence-electron chi connectivity index (χ3n) is 3.21. The number of fused-ring (bicyclic) bond motifs is 1. The molecule has 1 aromatic heterocycles. The Balaban J connectivity index is 1.96. The first-order chi connectivity index (χ1) is 8.67. The third kappa shape index (κ3) is 1.99. The Kier molecular flexibility index (Phi) is 2.99. The van der Waals surface area contributed by atoms with Crippen molar-refractivity contribution < 1.29 is 4.79 Å². The molecule has 18 heavy (non-hydrogen) atoms. The van der Waals surface area contributed by atoms with Gasteiger partial charge in [-0.15, -0.1) is 22.9 Å². The number of carbonyl (C=O) groups is 1. The summed E-state index contributed by atoms with van der Waals surface area (Å²) in [5.41, 5.74) is 1.91. The van der Waals surface area contributed by atoms with Crippen LogP contribution in [0.3, 0.4) is 0 Å². The highest BCUT2D eigenvalue weighted by molar-refractivity contribution is 7.18. The highest BCUT2D eigenvalue weighted by Crippen LogP contribution is 2.30. The Morgan fingerprint density at radius 1 is 1.56 bits per heavy atom. The second-order valence-electron chi connectivity index (χ2n) is 4.61. The molecule has 0 aliphatic carbocycles. The summed E-state index contributed by atoms with van der Waals surface area (Å²) in [5, 5.41) is 1.05. The van der Waals surface area contributed by atoms with Crippen molar-refractivity contribution in [3.63, 3.8) is 0 Å². The summed E-state index contributed by atoms with van der Waals surface area (Å²) in [7, 11) is 0. The average Bonchev–Trinajstić information content (AvgIpc) is 2.89. The molecule has 3 nitrogen and oxygen atoms in total. The van der Waals surface area contributed by atoms with Crippen LogP contribution in [0.15, 0.2) is 18.2 Å². The molecular weight excluding hydrogens is 268 g/mol. The Bertz CT molecular complexity index is 610. The molecule has 1 atom stereocenters. The van der Waals surface area contributed by atoms with Gasteiger partial charge in [0, 0.05) is 24.5 Å². The first-order valence-electron chi connectivity index (χ1n) is 5.91. The van der Waals surface area contributed by atoms with Crippen LogP contribution in [0.1, 0.15) is 11.4 Å². The molecule has 0 radical (unpaired) electrons. The predicted octanol–water partition coefficient (Wildman–Crippen LogP) is 3.20. The van der Waals surface area contributed by atoms with Crippen LogP contribution in [-0.2, 0) is 4.79 Å². The monoisotopic (exact) mass is 280 g/mol. The zero-order chi connectivity index (χ0) is 12.7. The summed E-state index contributed by atoms with van der Waals surface area (Å²) in [6, 6.07) is 6.03. The van der Waals surface area contributed by atoms with Crippen molar-refractivity contribution >= 4 is 44.7 Å². The molecule has 1 saturated heterocycles. The van der Waals surface area contributed by atoms with Gasteiger partial charge in [-0.25, -0.2) is 4.98 Å². The number of halogens is 1.